The molecule has 0 aliphatic heterocycles. The van der Waals surface area contributed by atoms with Crippen molar-refractivity contribution >= 4 is 34.9 Å². The van der Waals surface area contributed by atoms with Crippen molar-refractivity contribution in [1.82, 2.24) is 14.5 Å². The molecule has 6 nitrogen and oxygen atoms in total. The Kier molecular flexibility index (Phi) is 4.37. The fourth-order valence-corrected chi connectivity index (χ4v) is 2.92. The number of nitrogens with two attached hydrogens (primary N) is 1. The monoisotopic (exact) mass is 355 g/mol. The van der Waals surface area contributed by atoms with Crippen LogP contribution < -0.4 is 11.1 Å². The molecule has 0 spiro atoms. The molecule has 4 rings (SSSR count). The predicted molar refractivity (Wildman–Crippen MR) is 107 cm³/mol. The van der Waals surface area contributed by atoms with Gasteiger partial charge in [0.1, 0.15) is 17.2 Å². The molecule has 6 heteroatoms. The first kappa shape index (κ1) is 16.5. The summed E-state index contributed by atoms with van der Waals surface area (Å²) in [6.07, 6.45) is 5.65. The Labute approximate surface area is 156 Å². The maximum Gasteiger partial charge on any atom is 0.316 e. The number of benzene rings is 2. The second-order valence-electron chi connectivity index (χ2n) is 5.90. The van der Waals surface area contributed by atoms with E-state index < -0.39 is 6.03 Å². The number of urea groups is 1. The Hall–Kier alpha value is -3.93. The van der Waals surface area contributed by atoms with E-state index in [0.29, 0.717) is 17.0 Å². The lowest BCUT2D eigenvalue weighted by molar-refractivity contribution is 0.259. The molecule has 0 bridgehead atoms. The fraction of sp³-hybridized carbons (Fsp3) is 0. The molecule has 3 N–H and O–H groups in total. The van der Waals surface area contributed by atoms with Crippen LogP contribution in [0.5, 0.6) is 0 Å². The van der Waals surface area contributed by atoms with Crippen LogP contribution in [-0.2, 0) is 0 Å². The molecule has 0 unspecified atom stereocenters. The molecule has 27 heavy (non-hydrogen) atoms. The lowest BCUT2D eigenvalue weighted by atomic mass is 10.2. The van der Waals surface area contributed by atoms with E-state index in [1.54, 1.807) is 12.3 Å². The summed E-state index contributed by atoms with van der Waals surface area (Å²) in [6.45, 7) is 0. The van der Waals surface area contributed by atoms with Gasteiger partial charge in [0.15, 0.2) is 0 Å². The number of anilines is 1. The minimum absolute atomic E-state index is 0.559. The van der Waals surface area contributed by atoms with Crippen LogP contribution in [0.3, 0.4) is 0 Å². The van der Waals surface area contributed by atoms with Crippen molar-refractivity contribution in [3.8, 4) is 5.82 Å². The molecule has 2 heterocycles. The van der Waals surface area contributed by atoms with Gasteiger partial charge in [-0.25, -0.2) is 14.8 Å². The van der Waals surface area contributed by atoms with Gasteiger partial charge in [0.25, 0.3) is 0 Å². The number of fused-ring (bicyclic) bond motifs is 1. The van der Waals surface area contributed by atoms with Crippen molar-refractivity contribution in [2.75, 3.05) is 5.32 Å². The summed E-state index contributed by atoms with van der Waals surface area (Å²) in [5, 5.41) is 2.63. The minimum Gasteiger partial charge on any atom is -0.351 e. The van der Waals surface area contributed by atoms with Crippen LogP contribution in [0.15, 0.2) is 72.9 Å². The number of primary amides is 1. The summed E-state index contributed by atoms with van der Waals surface area (Å²) in [5.41, 5.74) is 8.39. The van der Waals surface area contributed by atoms with Crippen LogP contribution in [0.25, 0.3) is 29.0 Å². The van der Waals surface area contributed by atoms with E-state index in [1.165, 1.54) is 0 Å². The molecule has 4 aromatic rings. The Bertz CT molecular complexity index is 1120. The van der Waals surface area contributed by atoms with Crippen molar-refractivity contribution in [1.29, 1.82) is 0 Å². The number of rotatable bonds is 4. The first-order valence-electron chi connectivity index (χ1n) is 8.45. The number of nitrogens with one attached hydrogen (secondary N) is 1. The van der Waals surface area contributed by atoms with E-state index in [4.69, 9.17) is 10.7 Å². The molecule has 0 saturated carbocycles. The third-order valence-electron chi connectivity index (χ3n) is 4.07. The SMILES string of the molecule is NC(=O)Nc1cccc2c1nc(C=Cc1ccccc1)n2-c1ccccn1. The summed E-state index contributed by atoms with van der Waals surface area (Å²) >= 11 is 0. The second kappa shape index (κ2) is 7.13. The van der Waals surface area contributed by atoms with Gasteiger partial charge in [-0.3, -0.25) is 4.57 Å². The highest BCUT2D eigenvalue weighted by Gasteiger charge is 2.14. The maximum absolute atomic E-state index is 11.3. The molecule has 132 valence electrons. The van der Waals surface area contributed by atoms with Gasteiger partial charge >= 0.3 is 6.03 Å². The molecular formula is C21H17N5O. The number of para-hydroxylation sites is 1. The number of amides is 2. The van der Waals surface area contributed by atoms with Gasteiger partial charge < -0.3 is 11.1 Å². The van der Waals surface area contributed by atoms with Crippen LogP contribution in [0.2, 0.25) is 0 Å². The molecule has 0 aliphatic rings. The minimum atomic E-state index is -0.628. The van der Waals surface area contributed by atoms with Crippen LogP contribution >= 0.6 is 0 Å². The number of carbonyl (C=O) groups is 1. The van der Waals surface area contributed by atoms with Gasteiger partial charge in [-0.2, -0.15) is 0 Å². The number of aromatic nitrogens is 3. The normalized spacial score (nSPS) is 11.1. The highest BCUT2D eigenvalue weighted by molar-refractivity contribution is 5.99. The summed E-state index contributed by atoms with van der Waals surface area (Å²) in [5.74, 6) is 1.44. The number of pyridine rings is 1. The third-order valence-corrected chi connectivity index (χ3v) is 4.07. The fourth-order valence-electron chi connectivity index (χ4n) is 2.92. The van der Waals surface area contributed by atoms with E-state index in [1.807, 2.05) is 77.4 Å². The molecule has 2 aromatic carbocycles. The number of nitrogens with zero attached hydrogens (tertiary/aromatic N) is 3. The van der Waals surface area contributed by atoms with Crippen LogP contribution in [0.1, 0.15) is 11.4 Å². The topological polar surface area (TPSA) is 85.8 Å². The average molecular weight is 355 g/mol. The highest BCUT2D eigenvalue weighted by atomic mass is 16.2. The molecule has 0 saturated heterocycles. The summed E-state index contributed by atoms with van der Waals surface area (Å²) in [4.78, 5) is 20.5. The number of hydrogen-bond acceptors (Lipinski definition) is 3. The first-order chi connectivity index (χ1) is 13.2. The molecule has 2 amide bonds. The summed E-state index contributed by atoms with van der Waals surface area (Å²) < 4.78 is 1.95. The Morgan fingerprint density at radius 1 is 0.963 bits per heavy atom. The zero-order valence-corrected chi connectivity index (χ0v) is 14.4. The molecule has 0 radical (unpaired) electrons. The van der Waals surface area contributed by atoms with Gasteiger partial charge in [0.05, 0.1) is 11.2 Å². The summed E-state index contributed by atoms with van der Waals surface area (Å²) in [7, 11) is 0. The average Bonchev–Trinajstić information content (AvgIpc) is 3.07. The zero-order chi connectivity index (χ0) is 18.6. The van der Waals surface area contributed by atoms with E-state index >= 15 is 0 Å². The Balaban J connectivity index is 1.91. The van der Waals surface area contributed by atoms with Gasteiger partial charge in [-0.1, -0.05) is 48.5 Å². The summed E-state index contributed by atoms with van der Waals surface area (Å²) in [6, 6.07) is 20.6. The van der Waals surface area contributed by atoms with Gasteiger partial charge in [-0.05, 0) is 35.9 Å². The second-order valence-corrected chi connectivity index (χ2v) is 5.90. The molecular weight excluding hydrogens is 338 g/mol. The maximum atomic E-state index is 11.3. The van der Waals surface area contributed by atoms with Crippen molar-refractivity contribution < 1.29 is 4.79 Å². The lowest BCUT2D eigenvalue weighted by Crippen LogP contribution is -2.19. The van der Waals surface area contributed by atoms with Crippen molar-refractivity contribution in [2.45, 2.75) is 0 Å². The smallest absolute Gasteiger partial charge is 0.316 e. The number of hydrogen-bond donors (Lipinski definition) is 2. The lowest BCUT2D eigenvalue weighted by Gasteiger charge is -2.06. The van der Waals surface area contributed by atoms with E-state index in [0.717, 1.165) is 16.9 Å². The van der Waals surface area contributed by atoms with Crippen molar-refractivity contribution in [3.63, 3.8) is 0 Å². The quantitative estimate of drug-likeness (QED) is 0.578. The first-order valence-corrected chi connectivity index (χ1v) is 8.45. The van der Waals surface area contributed by atoms with Crippen LogP contribution in [0.4, 0.5) is 10.5 Å². The largest absolute Gasteiger partial charge is 0.351 e. The molecule has 0 fully saturated rings. The van der Waals surface area contributed by atoms with E-state index in [-0.39, 0.29) is 0 Å². The van der Waals surface area contributed by atoms with Crippen LogP contribution in [0, 0.1) is 0 Å². The third kappa shape index (κ3) is 3.41. The molecule has 0 aliphatic carbocycles. The standard InChI is InChI=1S/C21H17N5O/c22-21(27)24-16-9-6-10-17-20(16)25-19(13-12-15-7-2-1-3-8-15)26(17)18-11-4-5-14-23-18/h1-14H,(H3,22,24,27). The van der Waals surface area contributed by atoms with Crippen molar-refractivity contribution in [2.24, 2.45) is 5.73 Å². The van der Waals surface area contributed by atoms with Gasteiger partial charge in [0, 0.05) is 6.20 Å². The van der Waals surface area contributed by atoms with Gasteiger partial charge in [-0.15, -0.1) is 0 Å². The van der Waals surface area contributed by atoms with E-state index in [9.17, 15) is 4.79 Å². The highest BCUT2D eigenvalue weighted by Crippen LogP contribution is 2.27. The van der Waals surface area contributed by atoms with Crippen LogP contribution in [-0.4, -0.2) is 20.6 Å². The number of carbonyl (C=O) groups excluding carboxylic acids is 1. The van der Waals surface area contributed by atoms with Gasteiger partial charge in [0.2, 0.25) is 0 Å². The molecule has 2 aromatic heterocycles. The number of imidazole rings is 1. The van der Waals surface area contributed by atoms with Crippen molar-refractivity contribution in [3.05, 3.63) is 84.3 Å². The predicted octanol–water partition coefficient (Wildman–Crippen LogP) is 4.08. The molecule has 0 atom stereocenters. The Morgan fingerprint density at radius 3 is 2.52 bits per heavy atom. The zero-order valence-electron chi connectivity index (χ0n) is 14.4. The Morgan fingerprint density at radius 2 is 1.78 bits per heavy atom. The van der Waals surface area contributed by atoms with E-state index in [2.05, 4.69) is 10.3 Å².